The van der Waals surface area contributed by atoms with Gasteiger partial charge in [-0.3, -0.25) is 4.79 Å². The first-order valence-electron chi connectivity index (χ1n) is 10.0. The largest absolute Gasteiger partial charge is 0.481 e. The lowest BCUT2D eigenvalue weighted by Gasteiger charge is -2.22. The molecular weight excluding hydrogens is 414 g/mol. The van der Waals surface area contributed by atoms with Crippen LogP contribution in [0.15, 0.2) is 81.5 Å². The van der Waals surface area contributed by atoms with Crippen LogP contribution in [0.2, 0.25) is 5.02 Å². The highest BCUT2D eigenvalue weighted by atomic mass is 35.5. The average molecular weight is 436 g/mol. The third-order valence-corrected chi connectivity index (χ3v) is 5.53. The van der Waals surface area contributed by atoms with Gasteiger partial charge in [0.1, 0.15) is 11.3 Å². The van der Waals surface area contributed by atoms with Crippen LogP contribution in [0.4, 0.5) is 0 Å². The van der Waals surface area contributed by atoms with E-state index in [4.69, 9.17) is 20.8 Å². The SMILES string of the molecule is C[C@@H](Oc1ccc2c(-c3ccccc3Cl)cc(=O)oc2c1)C(=O)N(C)CC1=CC=CC1. The molecule has 5 nitrogen and oxygen atoms in total. The summed E-state index contributed by atoms with van der Waals surface area (Å²) in [4.78, 5) is 26.5. The van der Waals surface area contributed by atoms with Crippen LogP contribution in [0.3, 0.4) is 0 Å². The molecule has 2 aromatic carbocycles. The molecule has 4 rings (SSSR count). The number of hydrogen-bond acceptors (Lipinski definition) is 4. The average Bonchev–Trinajstić information content (AvgIpc) is 3.25. The normalized spacial score (nSPS) is 13.8. The molecule has 31 heavy (non-hydrogen) atoms. The van der Waals surface area contributed by atoms with E-state index in [1.807, 2.05) is 36.4 Å². The fourth-order valence-corrected chi connectivity index (χ4v) is 3.91. The number of carbonyl (C=O) groups excluding carboxylic acids is 1. The van der Waals surface area contributed by atoms with Crippen LogP contribution < -0.4 is 10.4 Å². The Bertz CT molecular complexity index is 1260. The standard InChI is InChI=1S/C25H22ClNO4/c1-16(25(29)27(2)15-17-7-3-4-8-17)30-18-11-12-20-21(14-24(28)31-23(20)13-18)19-9-5-6-10-22(19)26/h3-7,9-14,16H,8,15H2,1-2H3/t16-/m1/s1. The Morgan fingerprint density at radius 1 is 1.19 bits per heavy atom. The maximum Gasteiger partial charge on any atom is 0.336 e. The second-order valence-corrected chi connectivity index (χ2v) is 7.94. The van der Waals surface area contributed by atoms with Gasteiger partial charge in [-0.25, -0.2) is 4.79 Å². The number of likely N-dealkylation sites (N-methyl/N-ethyl adjacent to an activating group) is 1. The fraction of sp³-hybridized carbons (Fsp3) is 0.200. The Balaban J connectivity index is 1.57. The van der Waals surface area contributed by atoms with Gasteiger partial charge >= 0.3 is 5.63 Å². The Morgan fingerprint density at radius 2 is 2.00 bits per heavy atom. The Kier molecular flexibility index (Phi) is 5.96. The number of nitrogens with zero attached hydrogens (tertiary/aromatic N) is 1. The zero-order valence-electron chi connectivity index (χ0n) is 17.3. The first kappa shape index (κ1) is 20.9. The van der Waals surface area contributed by atoms with Gasteiger partial charge in [-0.15, -0.1) is 0 Å². The number of rotatable bonds is 6. The minimum absolute atomic E-state index is 0.126. The first-order chi connectivity index (χ1) is 14.9. The van der Waals surface area contributed by atoms with E-state index in [0.717, 1.165) is 17.4 Å². The van der Waals surface area contributed by atoms with Gasteiger partial charge in [0.15, 0.2) is 6.10 Å². The molecule has 1 aromatic heterocycles. The number of benzene rings is 2. The molecule has 1 aliphatic rings. The number of halogens is 1. The second kappa shape index (κ2) is 8.82. The minimum Gasteiger partial charge on any atom is -0.481 e. The molecule has 0 unspecified atom stereocenters. The highest BCUT2D eigenvalue weighted by molar-refractivity contribution is 6.33. The number of allylic oxidation sites excluding steroid dienone is 3. The molecule has 0 bridgehead atoms. The summed E-state index contributed by atoms with van der Waals surface area (Å²) in [7, 11) is 1.76. The van der Waals surface area contributed by atoms with E-state index in [1.165, 1.54) is 11.6 Å². The van der Waals surface area contributed by atoms with Gasteiger partial charge in [-0.05, 0) is 37.1 Å². The third-order valence-electron chi connectivity index (χ3n) is 5.21. The maximum absolute atomic E-state index is 12.7. The van der Waals surface area contributed by atoms with Gasteiger partial charge in [0.05, 0.1) is 0 Å². The van der Waals surface area contributed by atoms with Crippen molar-refractivity contribution < 1.29 is 13.9 Å². The molecule has 1 heterocycles. The van der Waals surface area contributed by atoms with E-state index in [9.17, 15) is 9.59 Å². The van der Waals surface area contributed by atoms with E-state index in [-0.39, 0.29) is 5.91 Å². The number of amides is 1. The topological polar surface area (TPSA) is 59.8 Å². The number of ether oxygens (including phenoxy) is 1. The van der Waals surface area contributed by atoms with Crippen LogP contribution in [0.25, 0.3) is 22.1 Å². The lowest BCUT2D eigenvalue weighted by atomic mass is 10.0. The van der Waals surface area contributed by atoms with Gasteiger partial charge in [0.2, 0.25) is 0 Å². The summed E-state index contributed by atoms with van der Waals surface area (Å²) in [5.41, 5.74) is 2.50. The van der Waals surface area contributed by atoms with Crippen LogP contribution in [-0.4, -0.2) is 30.5 Å². The Morgan fingerprint density at radius 3 is 2.74 bits per heavy atom. The monoisotopic (exact) mass is 435 g/mol. The van der Waals surface area contributed by atoms with E-state index in [0.29, 0.717) is 28.5 Å². The molecular formula is C25H22ClNO4. The molecule has 0 fully saturated rings. The molecule has 0 saturated heterocycles. The maximum atomic E-state index is 12.7. The van der Waals surface area contributed by atoms with Crippen molar-refractivity contribution in [2.75, 3.05) is 13.6 Å². The highest BCUT2D eigenvalue weighted by Gasteiger charge is 2.21. The van der Waals surface area contributed by atoms with Crippen molar-refractivity contribution in [2.45, 2.75) is 19.4 Å². The lowest BCUT2D eigenvalue weighted by molar-refractivity contribution is -0.136. The van der Waals surface area contributed by atoms with E-state index in [2.05, 4.69) is 6.08 Å². The summed E-state index contributed by atoms with van der Waals surface area (Å²) in [6.45, 7) is 2.27. The molecule has 0 spiro atoms. The van der Waals surface area contributed by atoms with Crippen molar-refractivity contribution in [3.05, 3.63) is 87.8 Å². The van der Waals surface area contributed by atoms with Crippen molar-refractivity contribution >= 4 is 28.5 Å². The summed E-state index contributed by atoms with van der Waals surface area (Å²) in [6.07, 6.45) is 6.26. The van der Waals surface area contributed by atoms with Gasteiger partial charge in [-0.2, -0.15) is 0 Å². The molecule has 6 heteroatoms. The summed E-state index contributed by atoms with van der Waals surface area (Å²) in [5.74, 6) is 0.321. The Labute approximate surface area is 185 Å². The zero-order valence-corrected chi connectivity index (χ0v) is 18.1. The zero-order chi connectivity index (χ0) is 22.0. The van der Waals surface area contributed by atoms with E-state index < -0.39 is 11.7 Å². The molecule has 0 N–H and O–H groups in total. The minimum atomic E-state index is -0.684. The summed E-state index contributed by atoms with van der Waals surface area (Å²) >= 11 is 6.33. The molecule has 0 saturated carbocycles. The number of hydrogen-bond donors (Lipinski definition) is 0. The van der Waals surface area contributed by atoms with Crippen LogP contribution in [0.1, 0.15) is 13.3 Å². The van der Waals surface area contributed by atoms with E-state index >= 15 is 0 Å². The van der Waals surface area contributed by atoms with Gasteiger partial charge in [0, 0.05) is 47.3 Å². The number of fused-ring (bicyclic) bond motifs is 1. The molecule has 0 radical (unpaired) electrons. The molecule has 1 aliphatic carbocycles. The van der Waals surface area contributed by atoms with Gasteiger partial charge < -0.3 is 14.1 Å². The summed E-state index contributed by atoms with van der Waals surface area (Å²) in [6, 6.07) is 13.9. The molecule has 158 valence electrons. The quantitative estimate of drug-likeness (QED) is 0.498. The van der Waals surface area contributed by atoms with Crippen molar-refractivity contribution in [1.82, 2.24) is 4.90 Å². The highest BCUT2D eigenvalue weighted by Crippen LogP contribution is 2.33. The third kappa shape index (κ3) is 4.57. The predicted octanol–water partition coefficient (Wildman–Crippen LogP) is 5.23. The van der Waals surface area contributed by atoms with Gasteiger partial charge in [-0.1, -0.05) is 48.0 Å². The summed E-state index contributed by atoms with van der Waals surface area (Å²) < 4.78 is 11.3. The molecule has 0 aliphatic heterocycles. The van der Waals surface area contributed by atoms with Crippen LogP contribution >= 0.6 is 11.6 Å². The molecule has 3 aromatic rings. The van der Waals surface area contributed by atoms with Gasteiger partial charge in [0.25, 0.3) is 5.91 Å². The second-order valence-electron chi connectivity index (χ2n) is 7.53. The lowest BCUT2D eigenvalue weighted by Crippen LogP contribution is -2.38. The smallest absolute Gasteiger partial charge is 0.336 e. The fourth-order valence-electron chi connectivity index (χ4n) is 3.68. The van der Waals surface area contributed by atoms with E-state index in [1.54, 1.807) is 37.1 Å². The van der Waals surface area contributed by atoms with Crippen LogP contribution in [-0.2, 0) is 4.79 Å². The predicted molar refractivity (Wildman–Crippen MR) is 122 cm³/mol. The van der Waals surface area contributed by atoms with Crippen molar-refractivity contribution in [2.24, 2.45) is 0 Å². The first-order valence-corrected chi connectivity index (χ1v) is 10.4. The van der Waals surface area contributed by atoms with Crippen molar-refractivity contribution in [3.63, 3.8) is 0 Å². The Hall–Kier alpha value is -3.31. The van der Waals surface area contributed by atoms with Crippen molar-refractivity contribution in [3.8, 4) is 16.9 Å². The van der Waals surface area contributed by atoms with Crippen molar-refractivity contribution in [1.29, 1.82) is 0 Å². The number of carbonyl (C=O) groups is 1. The van der Waals surface area contributed by atoms with Crippen LogP contribution in [0, 0.1) is 0 Å². The summed E-state index contributed by atoms with van der Waals surface area (Å²) in [5, 5.41) is 1.28. The molecule has 1 amide bonds. The van der Waals surface area contributed by atoms with Crippen LogP contribution in [0.5, 0.6) is 5.75 Å². The molecule has 1 atom stereocenters.